The fourth-order valence-corrected chi connectivity index (χ4v) is 2.68. The lowest BCUT2D eigenvalue weighted by Gasteiger charge is -2.16. The first-order valence-corrected chi connectivity index (χ1v) is 7.10. The second-order valence-electron chi connectivity index (χ2n) is 3.61. The second-order valence-corrected chi connectivity index (χ2v) is 6.14. The van der Waals surface area contributed by atoms with Gasteiger partial charge in [-0.2, -0.15) is 0 Å². The third kappa shape index (κ3) is 4.13. The average molecular weight is 212 g/mol. The van der Waals surface area contributed by atoms with Crippen LogP contribution in [0.25, 0.3) is 0 Å². The molecule has 1 aliphatic carbocycles. The molecule has 1 aliphatic heterocycles. The minimum atomic E-state index is -2.96. The maximum absolute atomic E-state index is 11.2. The summed E-state index contributed by atoms with van der Waals surface area (Å²) in [6, 6.07) is 1.40. The molecule has 0 amide bonds. The zero-order chi connectivity index (χ0) is 9.90. The molecule has 2 unspecified atom stereocenters. The molecule has 2 atom stereocenters. The van der Waals surface area contributed by atoms with E-state index in [4.69, 9.17) is 4.43 Å². The molecular formula is C8H15F3OSi. The van der Waals surface area contributed by atoms with Crippen molar-refractivity contribution in [1.29, 1.82) is 0 Å². The van der Waals surface area contributed by atoms with Gasteiger partial charge in [-0.3, -0.25) is 0 Å². The molecule has 0 N–H and O–H groups in total. The van der Waals surface area contributed by atoms with Gasteiger partial charge in [-0.15, -0.1) is 0 Å². The first-order valence-electron chi connectivity index (χ1n) is 4.66. The topological polar surface area (TPSA) is 9.23 Å². The first kappa shape index (κ1) is 11.0. The Labute approximate surface area is 78.0 Å². The Hall–Kier alpha value is -0.0331. The van der Waals surface area contributed by atoms with E-state index in [-0.39, 0.29) is 0 Å². The van der Waals surface area contributed by atoms with Crippen molar-refractivity contribution >= 4 is 9.04 Å². The van der Waals surface area contributed by atoms with Crippen molar-refractivity contribution in [3.05, 3.63) is 0 Å². The molecule has 1 saturated heterocycles. The smallest absolute Gasteiger partial charge is 0.281 e. The van der Waals surface area contributed by atoms with Crippen LogP contribution in [0.2, 0.25) is 12.6 Å². The molecule has 1 heterocycles. The second kappa shape index (κ2) is 4.46. The number of halogens is 3. The minimum absolute atomic E-state index is 0.562. The van der Waals surface area contributed by atoms with Crippen LogP contribution in [0.1, 0.15) is 19.3 Å². The summed E-state index contributed by atoms with van der Waals surface area (Å²) in [6.07, 6.45) is 0.329. The maximum Gasteiger partial charge on any atom is 0.281 e. The summed E-state index contributed by atoms with van der Waals surface area (Å²) in [7, 11) is -0.595. The van der Waals surface area contributed by atoms with Gasteiger partial charge in [0.05, 0.1) is 6.42 Å². The highest BCUT2D eigenvalue weighted by Gasteiger charge is 2.58. The van der Waals surface area contributed by atoms with Crippen molar-refractivity contribution < 1.29 is 17.6 Å². The van der Waals surface area contributed by atoms with Crippen molar-refractivity contribution in [3.8, 4) is 0 Å². The molecule has 78 valence electrons. The molecule has 1 nitrogen and oxygen atoms in total. The van der Waals surface area contributed by atoms with Gasteiger partial charge in [0.1, 0.15) is 0 Å². The van der Waals surface area contributed by atoms with Crippen molar-refractivity contribution in [2.24, 2.45) is 0 Å². The molecule has 2 fully saturated rings. The summed E-state index contributed by atoms with van der Waals surface area (Å²) in [6.45, 7) is 3.33. The molecular weight excluding hydrogens is 197 g/mol. The van der Waals surface area contributed by atoms with Gasteiger partial charge in [0.25, 0.3) is 5.92 Å². The molecule has 0 radical (unpaired) electrons. The zero-order valence-corrected chi connectivity index (χ0v) is 8.89. The van der Waals surface area contributed by atoms with Crippen molar-refractivity contribution in [1.82, 2.24) is 0 Å². The summed E-state index contributed by atoms with van der Waals surface area (Å²) in [5.41, 5.74) is 0. The van der Waals surface area contributed by atoms with Crippen LogP contribution in [0.15, 0.2) is 0 Å². The molecule has 0 aromatic carbocycles. The quantitative estimate of drug-likeness (QED) is 0.561. The van der Waals surface area contributed by atoms with Gasteiger partial charge in [-0.05, 0) is 19.0 Å². The number of hydrogen-bond acceptors (Lipinski definition) is 1. The van der Waals surface area contributed by atoms with Gasteiger partial charge in [0.2, 0.25) is 0 Å². The summed E-state index contributed by atoms with van der Waals surface area (Å²) in [4.78, 5) is 0. The lowest BCUT2D eigenvalue weighted by atomic mass is 10.4. The number of rotatable bonds is 0. The van der Waals surface area contributed by atoms with E-state index in [2.05, 4.69) is 6.55 Å². The molecule has 2 rings (SSSR count). The Kier molecular flexibility index (Phi) is 3.79. The summed E-state index contributed by atoms with van der Waals surface area (Å²) >= 11 is 0. The van der Waals surface area contributed by atoms with E-state index in [1.54, 1.807) is 0 Å². The van der Waals surface area contributed by atoms with E-state index >= 15 is 0 Å². The van der Waals surface area contributed by atoms with Crippen molar-refractivity contribution in [3.63, 3.8) is 0 Å². The van der Waals surface area contributed by atoms with Crippen LogP contribution >= 0.6 is 0 Å². The van der Waals surface area contributed by atoms with Crippen LogP contribution in [0.5, 0.6) is 0 Å². The highest BCUT2D eigenvalue weighted by atomic mass is 28.3. The van der Waals surface area contributed by atoms with Crippen LogP contribution < -0.4 is 0 Å². The van der Waals surface area contributed by atoms with Gasteiger partial charge in [0, 0.05) is 6.61 Å². The molecule has 0 bridgehead atoms. The van der Waals surface area contributed by atoms with Gasteiger partial charge in [0.15, 0.2) is 15.2 Å². The Balaban J connectivity index is 0.000000132. The third-order valence-electron chi connectivity index (χ3n) is 2.16. The zero-order valence-electron chi connectivity index (χ0n) is 7.73. The largest absolute Gasteiger partial charge is 0.420 e. The lowest BCUT2D eigenvalue weighted by molar-refractivity contribution is 0.0870. The molecule has 0 aromatic rings. The summed E-state index contributed by atoms with van der Waals surface area (Å²) < 4.78 is 38.9. The first-order chi connectivity index (χ1) is 6.02. The van der Waals surface area contributed by atoms with Crippen molar-refractivity contribution in [2.45, 2.75) is 43.9 Å². The normalized spacial score (nSPS) is 36.0. The Bertz CT molecular complexity index is 159. The molecule has 1 saturated carbocycles. The molecule has 5 heteroatoms. The van der Waals surface area contributed by atoms with Gasteiger partial charge >= 0.3 is 0 Å². The minimum Gasteiger partial charge on any atom is -0.420 e. The molecule has 0 spiro atoms. The Morgan fingerprint density at radius 3 is 2.08 bits per heavy atom. The van der Waals surface area contributed by atoms with E-state index in [1.165, 1.54) is 18.9 Å². The van der Waals surface area contributed by atoms with E-state index in [0.29, 0.717) is 0 Å². The number of hydrogen-bond donors (Lipinski definition) is 0. The van der Waals surface area contributed by atoms with Gasteiger partial charge in [-0.25, -0.2) is 13.2 Å². The van der Waals surface area contributed by atoms with Crippen LogP contribution in [-0.4, -0.2) is 27.7 Å². The van der Waals surface area contributed by atoms with E-state index < -0.39 is 27.6 Å². The van der Waals surface area contributed by atoms with Crippen LogP contribution in [0.3, 0.4) is 0 Å². The van der Waals surface area contributed by atoms with Crippen LogP contribution in [-0.2, 0) is 4.43 Å². The predicted octanol–water partition coefficient (Wildman–Crippen LogP) is 2.51. The van der Waals surface area contributed by atoms with E-state index in [1.807, 2.05) is 0 Å². The van der Waals surface area contributed by atoms with Gasteiger partial charge < -0.3 is 4.43 Å². The highest BCUT2D eigenvalue weighted by molar-refractivity contribution is 6.50. The van der Waals surface area contributed by atoms with Gasteiger partial charge in [-0.1, -0.05) is 6.42 Å². The Morgan fingerprint density at radius 2 is 1.92 bits per heavy atom. The fourth-order valence-electron chi connectivity index (χ4n) is 1.08. The monoisotopic (exact) mass is 212 g/mol. The van der Waals surface area contributed by atoms with Crippen molar-refractivity contribution in [2.75, 3.05) is 6.61 Å². The summed E-state index contributed by atoms with van der Waals surface area (Å²) in [5, 5.41) is 0. The SMILES string of the molecule is C[SiH]1CCCCO1.FC1CC1(F)F. The Morgan fingerprint density at radius 1 is 1.38 bits per heavy atom. The predicted molar refractivity (Wildman–Crippen MR) is 47.5 cm³/mol. The van der Waals surface area contributed by atoms with E-state index in [0.717, 1.165) is 6.61 Å². The fraction of sp³-hybridized carbons (Fsp3) is 1.00. The van der Waals surface area contributed by atoms with Crippen LogP contribution in [0.4, 0.5) is 13.2 Å². The number of alkyl halides is 3. The summed E-state index contributed by atoms with van der Waals surface area (Å²) in [5.74, 6) is -2.96. The average Bonchev–Trinajstić information content (AvgIpc) is 2.59. The van der Waals surface area contributed by atoms with E-state index in [9.17, 15) is 13.2 Å². The van der Waals surface area contributed by atoms with Crippen LogP contribution in [0, 0.1) is 0 Å². The highest BCUT2D eigenvalue weighted by Crippen LogP contribution is 2.44. The maximum atomic E-state index is 11.2. The third-order valence-corrected chi connectivity index (χ3v) is 4.18. The molecule has 13 heavy (non-hydrogen) atoms. The lowest BCUT2D eigenvalue weighted by Crippen LogP contribution is -2.18. The standard InChI is InChI=1S/C5H12OSi.C3H3F3/c1-7-5-3-2-4-6-7;4-2-1-3(2,5)6/h7H,2-5H2,1H3;2H,1H2. The molecule has 2 aliphatic rings. The molecule has 0 aromatic heterocycles.